The number of hydrogen-bond donors (Lipinski definition) is 2. The summed E-state index contributed by atoms with van der Waals surface area (Å²) in [4.78, 5) is 0. The van der Waals surface area contributed by atoms with Crippen molar-refractivity contribution in [1.82, 2.24) is 10.6 Å². The third-order valence-corrected chi connectivity index (χ3v) is 1.87. The molecular formula is C7H10N2. The molecule has 0 aliphatic carbocycles. The summed E-state index contributed by atoms with van der Waals surface area (Å²) in [7, 11) is 0. The van der Waals surface area contributed by atoms with Crippen LogP contribution in [0.3, 0.4) is 0 Å². The van der Waals surface area contributed by atoms with E-state index in [0.29, 0.717) is 12.0 Å². The fourth-order valence-electron chi connectivity index (χ4n) is 1.30. The Balaban J connectivity index is 2.17. The van der Waals surface area contributed by atoms with Crippen LogP contribution in [0.4, 0.5) is 0 Å². The van der Waals surface area contributed by atoms with E-state index < -0.39 is 0 Å². The standard InChI is InChI=1S/C7H10N2/c1-3-8-5-7-6(1)2-4-9-7/h1-4,6-9H,5H2. The Labute approximate surface area is 54.6 Å². The summed E-state index contributed by atoms with van der Waals surface area (Å²) in [6.45, 7) is 1.05. The highest BCUT2D eigenvalue weighted by Crippen LogP contribution is 2.14. The van der Waals surface area contributed by atoms with Gasteiger partial charge in [-0.1, -0.05) is 12.2 Å². The first-order chi connectivity index (χ1) is 4.47. The Morgan fingerprint density at radius 3 is 3.00 bits per heavy atom. The lowest BCUT2D eigenvalue weighted by atomic mass is 10.0. The molecule has 2 atom stereocenters. The maximum Gasteiger partial charge on any atom is 0.0526 e. The first-order valence-electron chi connectivity index (χ1n) is 3.29. The van der Waals surface area contributed by atoms with E-state index in [1.807, 2.05) is 12.4 Å². The average Bonchev–Trinajstić information content (AvgIpc) is 2.33. The molecule has 2 rings (SSSR count). The molecule has 0 aromatic rings. The van der Waals surface area contributed by atoms with Crippen LogP contribution in [0.25, 0.3) is 0 Å². The largest absolute Gasteiger partial charge is 0.389 e. The van der Waals surface area contributed by atoms with Crippen molar-refractivity contribution in [3.05, 3.63) is 24.6 Å². The van der Waals surface area contributed by atoms with Crippen molar-refractivity contribution in [3.63, 3.8) is 0 Å². The topological polar surface area (TPSA) is 24.1 Å². The molecule has 9 heavy (non-hydrogen) atoms. The Hall–Kier alpha value is -0.920. The fourth-order valence-corrected chi connectivity index (χ4v) is 1.30. The molecule has 0 fully saturated rings. The number of fused-ring (bicyclic) bond motifs is 1. The van der Waals surface area contributed by atoms with Crippen molar-refractivity contribution >= 4 is 0 Å². The molecule has 2 heteroatoms. The number of hydrogen-bond acceptors (Lipinski definition) is 2. The highest BCUT2D eigenvalue weighted by Gasteiger charge is 2.20. The molecule has 0 amide bonds. The summed E-state index contributed by atoms with van der Waals surface area (Å²) in [5, 5.41) is 6.44. The summed E-state index contributed by atoms with van der Waals surface area (Å²) in [5.74, 6) is 0.631. The molecule has 0 radical (unpaired) electrons. The quantitative estimate of drug-likeness (QED) is 0.480. The van der Waals surface area contributed by atoms with Gasteiger partial charge in [0.15, 0.2) is 0 Å². The molecule has 0 saturated heterocycles. The van der Waals surface area contributed by atoms with Gasteiger partial charge in [-0.05, 0) is 12.4 Å². The van der Waals surface area contributed by atoms with Crippen LogP contribution in [0.1, 0.15) is 0 Å². The second kappa shape index (κ2) is 1.79. The smallest absolute Gasteiger partial charge is 0.0526 e. The van der Waals surface area contributed by atoms with Crippen LogP contribution >= 0.6 is 0 Å². The van der Waals surface area contributed by atoms with Gasteiger partial charge in [-0.25, -0.2) is 0 Å². The summed E-state index contributed by atoms with van der Waals surface area (Å²) in [5.41, 5.74) is 0. The van der Waals surface area contributed by atoms with E-state index in [2.05, 4.69) is 22.8 Å². The third kappa shape index (κ3) is 0.707. The fraction of sp³-hybridized carbons (Fsp3) is 0.429. The van der Waals surface area contributed by atoms with Crippen molar-refractivity contribution in [2.45, 2.75) is 6.04 Å². The van der Waals surface area contributed by atoms with Gasteiger partial charge in [-0.15, -0.1) is 0 Å². The van der Waals surface area contributed by atoms with Crippen molar-refractivity contribution in [3.8, 4) is 0 Å². The summed E-state index contributed by atoms with van der Waals surface area (Å²) >= 11 is 0. The molecule has 0 bridgehead atoms. The van der Waals surface area contributed by atoms with E-state index in [-0.39, 0.29) is 0 Å². The monoisotopic (exact) mass is 122 g/mol. The van der Waals surface area contributed by atoms with Crippen LogP contribution < -0.4 is 10.6 Å². The molecule has 2 unspecified atom stereocenters. The van der Waals surface area contributed by atoms with Gasteiger partial charge >= 0.3 is 0 Å². The third-order valence-electron chi connectivity index (χ3n) is 1.87. The molecule has 48 valence electrons. The second-order valence-electron chi connectivity index (χ2n) is 2.48. The first-order valence-corrected chi connectivity index (χ1v) is 3.29. The lowest BCUT2D eigenvalue weighted by Gasteiger charge is -2.20. The predicted molar refractivity (Wildman–Crippen MR) is 36.7 cm³/mol. The van der Waals surface area contributed by atoms with Crippen molar-refractivity contribution in [2.24, 2.45) is 5.92 Å². The van der Waals surface area contributed by atoms with Gasteiger partial charge in [0.1, 0.15) is 0 Å². The zero-order valence-electron chi connectivity index (χ0n) is 5.17. The maximum atomic E-state index is 3.26. The van der Waals surface area contributed by atoms with E-state index in [1.165, 1.54) is 0 Å². The van der Waals surface area contributed by atoms with Crippen LogP contribution in [0.2, 0.25) is 0 Å². The summed E-state index contributed by atoms with van der Waals surface area (Å²) in [6.07, 6.45) is 8.44. The van der Waals surface area contributed by atoms with Crippen LogP contribution in [0.5, 0.6) is 0 Å². The molecule has 0 saturated carbocycles. The van der Waals surface area contributed by atoms with E-state index in [0.717, 1.165) is 6.54 Å². The van der Waals surface area contributed by atoms with Crippen molar-refractivity contribution in [1.29, 1.82) is 0 Å². The van der Waals surface area contributed by atoms with Crippen molar-refractivity contribution in [2.75, 3.05) is 6.54 Å². The Morgan fingerprint density at radius 2 is 2.11 bits per heavy atom. The maximum absolute atomic E-state index is 3.26. The Kier molecular flexibility index (Phi) is 0.979. The highest BCUT2D eigenvalue weighted by molar-refractivity contribution is 5.14. The van der Waals surface area contributed by atoms with Crippen LogP contribution in [-0.4, -0.2) is 12.6 Å². The first kappa shape index (κ1) is 4.91. The molecule has 0 aromatic carbocycles. The van der Waals surface area contributed by atoms with E-state index in [9.17, 15) is 0 Å². The molecule has 2 heterocycles. The van der Waals surface area contributed by atoms with E-state index in [4.69, 9.17) is 0 Å². The van der Waals surface area contributed by atoms with Crippen LogP contribution in [-0.2, 0) is 0 Å². The van der Waals surface area contributed by atoms with Gasteiger partial charge in [-0.2, -0.15) is 0 Å². The predicted octanol–water partition coefficient (Wildman–Crippen LogP) is 0.205. The van der Waals surface area contributed by atoms with Gasteiger partial charge in [-0.3, -0.25) is 0 Å². The summed E-state index contributed by atoms with van der Waals surface area (Å²) in [6, 6.07) is 0.606. The van der Waals surface area contributed by atoms with Gasteiger partial charge in [0, 0.05) is 12.5 Å². The Morgan fingerprint density at radius 1 is 1.22 bits per heavy atom. The van der Waals surface area contributed by atoms with Gasteiger partial charge < -0.3 is 10.6 Å². The van der Waals surface area contributed by atoms with Gasteiger partial charge in [0.05, 0.1) is 6.04 Å². The zero-order valence-corrected chi connectivity index (χ0v) is 5.17. The SMILES string of the molecule is C1=CC2C=CNC2CN1. The molecule has 2 aliphatic rings. The van der Waals surface area contributed by atoms with E-state index >= 15 is 0 Å². The number of rotatable bonds is 0. The van der Waals surface area contributed by atoms with Crippen LogP contribution in [0.15, 0.2) is 24.6 Å². The lowest BCUT2D eigenvalue weighted by molar-refractivity contribution is 0.507. The minimum atomic E-state index is 0.606. The zero-order chi connectivity index (χ0) is 6.10. The summed E-state index contributed by atoms with van der Waals surface area (Å²) < 4.78 is 0. The molecule has 0 aromatic heterocycles. The Bertz CT molecular complexity index is 160. The lowest BCUT2D eigenvalue weighted by Crippen LogP contribution is -2.38. The average molecular weight is 122 g/mol. The highest BCUT2D eigenvalue weighted by atomic mass is 15.0. The molecule has 0 spiro atoms. The molecule has 2 aliphatic heterocycles. The normalized spacial score (nSPS) is 37.3. The minimum absolute atomic E-state index is 0.606. The molecule has 2 N–H and O–H groups in total. The van der Waals surface area contributed by atoms with Gasteiger partial charge in [0.2, 0.25) is 0 Å². The van der Waals surface area contributed by atoms with Crippen molar-refractivity contribution < 1.29 is 0 Å². The van der Waals surface area contributed by atoms with Crippen LogP contribution in [0, 0.1) is 5.92 Å². The molecule has 2 nitrogen and oxygen atoms in total. The number of nitrogens with one attached hydrogen (secondary N) is 2. The second-order valence-corrected chi connectivity index (χ2v) is 2.48. The van der Waals surface area contributed by atoms with E-state index in [1.54, 1.807) is 0 Å². The molecular weight excluding hydrogens is 112 g/mol. The van der Waals surface area contributed by atoms with Gasteiger partial charge in [0.25, 0.3) is 0 Å². The minimum Gasteiger partial charge on any atom is -0.389 e.